The van der Waals surface area contributed by atoms with E-state index >= 15 is 4.39 Å². The number of amides is 1. The van der Waals surface area contributed by atoms with Gasteiger partial charge in [-0.15, -0.1) is 9.24 Å². The average Bonchev–Trinajstić information content (AvgIpc) is 3.74. The Hall–Kier alpha value is -4.12. The van der Waals surface area contributed by atoms with Crippen molar-refractivity contribution in [3.63, 3.8) is 0 Å². The number of nitrogens with zero attached hydrogens (tertiary/aromatic N) is 5. The number of hydrogen-bond donors (Lipinski definition) is 1. The van der Waals surface area contributed by atoms with E-state index in [-0.39, 0.29) is 57.8 Å². The number of halogens is 4. The van der Waals surface area contributed by atoms with Crippen molar-refractivity contribution in [2.75, 3.05) is 18.8 Å². The van der Waals surface area contributed by atoms with Crippen molar-refractivity contribution in [2.45, 2.75) is 31.7 Å². The van der Waals surface area contributed by atoms with Crippen molar-refractivity contribution in [1.29, 1.82) is 0 Å². The molecule has 2 aliphatic rings. The molecule has 41 heavy (non-hydrogen) atoms. The molecule has 1 amide bonds. The highest BCUT2D eigenvalue weighted by Gasteiger charge is 2.38. The van der Waals surface area contributed by atoms with Gasteiger partial charge in [-0.05, 0) is 43.9 Å². The number of ketones is 1. The maximum Gasteiger partial charge on any atom is 0.290 e. The van der Waals surface area contributed by atoms with Gasteiger partial charge in [-0.2, -0.15) is 9.49 Å². The maximum atomic E-state index is 15.5. The van der Waals surface area contributed by atoms with E-state index in [4.69, 9.17) is 10.5 Å². The Bertz CT molecular complexity index is 1700. The number of rotatable bonds is 6. The fraction of sp³-hybridized carbons (Fsp3) is 0.296. The van der Waals surface area contributed by atoms with Crippen LogP contribution in [0.3, 0.4) is 0 Å². The molecule has 0 spiro atoms. The lowest BCUT2D eigenvalue weighted by molar-refractivity contribution is -0.146. The van der Waals surface area contributed by atoms with Crippen LogP contribution in [-0.2, 0) is 9.59 Å². The number of nitrogens with two attached hydrogens (primary N) is 1. The monoisotopic (exact) mass is 586 g/mol. The molecule has 3 heterocycles. The molecule has 2 atom stereocenters. The largest absolute Gasteiger partial charge is 0.451 e. The summed E-state index contributed by atoms with van der Waals surface area (Å²) in [6.45, 7) is 0.660. The van der Waals surface area contributed by atoms with E-state index in [1.54, 1.807) is 4.68 Å². The van der Waals surface area contributed by atoms with Crippen molar-refractivity contribution >= 4 is 43.1 Å². The first-order chi connectivity index (χ1) is 19.6. The summed E-state index contributed by atoms with van der Waals surface area (Å²) in [5.41, 5.74) is 6.55. The Morgan fingerprint density at radius 2 is 1.80 bits per heavy atom. The fourth-order valence-electron chi connectivity index (χ4n) is 5.01. The second-order valence-corrected chi connectivity index (χ2v) is 10.7. The predicted octanol–water partition coefficient (Wildman–Crippen LogP) is 4.07. The van der Waals surface area contributed by atoms with E-state index < -0.39 is 34.9 Å². The highest BCUT2D eigenvalue weighted by molar-refractivity contribution is 7.27. The zero-order chi connectivity index (χ0) is 29.0. The average molecular weight is 586 g/mol. The molecule has 4 aromatic rings. The zero-order valence-corrected chi connectivity index (χ0v) is 22.6. The van der Waals surface area contributed by atoms with Crippen LogP contribution in [0.2, 0.25) is 0 Å². The number of aromatic nitrogens is 4. The molecule has 1 saturated heterocycles. The van der Waals surface area contributed by atoms with Gasteiger partial charge in [-0.3, -0.25) is 9.59 Å². The maximum absolute atomic E-state index is 15.5. The highest BCUT2D eigenvalue weighted by atomic mass is 31.0. The molecule has 212 valence electrons. The molecule has 1 aliphatic heterocycles. The first kappa shape index (κ1) is 27.1. The van der Waals surface area contributed by atoms with Crippen LogP contribution in [0.5, 0.6) is 11.5 Å². The number of hydrogen-bond acceptors (Lipinski definition) is 7. The number of carbonyl (C=O) groups excluding carboxylic acids is 2. The van der Waals surface area contributed by atoms with Crippen LogP contribution in [0.4, 0.5) is 23.4 Å². The fourth-order valence-corrected chi connectivity index (χ4v) is 5.29. The molecule has 2 aromatic heterocycles. The minimum Gasteiger partial charge on any atom is -0.451 e. The van der Waals surface area contributed by atoms with Crippen LogP contribution in [0.1, 0.15) is 31.7 Å². The third kappa shape index (κ3) is 4.88. The quantitative estimate of drug-likeness (QED) is 0.157. The van der Waals surface area contributed by atoms with E-state index in [9.17, 15) is 22.8 Å². The topological polar surface area (TPSA) is 116 Å². The summed E-state index contributed by atoms with van der Waals surface area (Å²) in [6.07, 6.45) is 3.95. The minimum absolute atomic E-state index is 0.0258. The lowest BCUT2D eigenvalue weighted by atomic mass is 10.0. The van der Waals surface area contributed by atoms with Gasteiger partial charge in [0.15, 0.2) is 17.3 Å². The summed E-state index contributed by atoms with van der Waals surface area (Å²) < 4.78 is 64.6. The number of benzene rings is 2. The standard InChI is InChI=1S/C27H23F4N6O3P/c28-16-8-14(40-24-20(30)17(29)9-18(41)21(24)31)5-6-15(16)22-19-25(32)33-11-34-26(19)37(35-22)13-2-1-7-36(10-13)27(39)23(38)12-3-4-12/h5-6,8-9,11-13H,1-4,7,10,41H2,(H2,32,33,34). The van der Waals surface area contributed by atoms with E-state index in [1.165, 1.54) is 23.4 Å². The van der Waals surface area contributed by atoms with Gasteiger partial charge in [0.2, 0.25) is 17.3 Å². The Morgan fingerprint density at radius 1 is 1.02 bits per heavy atom. The van der Waals surface area contributed by atoms with Crippen molar-refractivity contribution in [3.8, 4) is 22.8 Å². The normalized spacial score (nSPS) is 17.2. The van der Waals surface area contributed by atoms with Crippen molar-refractivity contribution < 1.29 is 31.9 Å². The predicted molar refractivity (Wildman–Crippen MR) is 143 cm³/mol. The van der Waals surface area contributed by atoms with Gasteiger partial charge in [0.1, 0.15) is 29.4 Å². The van der Waals surface area contributed by atoms with Crippen molar-refractivity contribution in [1.82, 2.24) is 24.6 Å². The van der Waals surface area contributed by atoms with Crippen molar-refractivity contribution in [2.24, 2.45) is 5.92 Å². The number of fused-ring (bicyclic) bond motifs is 1. The molecule has 2 N–H and O–H groups in total. The molecule has 0 radical (unpaired) electrons. The summed E-state index contributed by atoms with van der Waals surface area (Å²) in [5.74, 6) is -7.21. The molecule has 1 aliphatic carbocycles. The molecule has 6 rings (SSSR count). The molecule has 2 unspecified atom stereocenters. The van der Waals surface area contributed by atoms with Crippen LogP contribution in [0.25, 0.3) is 22.3 Å². The summed E-state index contributed by atoms with van der Waals surface area (Å²) in [6, 6.07) is 3.71. The van der Waals surface area contributed by atoms with Crippen molar-refractivity contribution in [3.05, 3.63) is 53.9 Å². The molecule has 14 heteroatoms. The first-order valence-electron chi connectivity index (χ1n) is 12.9. The SMILES string of the molecule is Nc1ncnc2c1c(-c1ccc(Oc3c(F)c(F)cc(P)c3F)cc1F)nn2C1CCCN(C(=O)C(=O)C2CC2)C1. The Kier molecular flexibility index (Phi) is 6.85. The lowest BCUT2D eigenvalue weighted by Gasteiger charge is -2.32. The van der Waals surface area contributed by atoms with Crippen LogP contribution < -0.4 is 15.8 Å². The van der Waals surface area contributed by atoms with Gasteiger partial charge in [-0.25, -0.2) is 27.8 Å². The Labute approximate surface area is 232 Å². The molecular formula is C27H23F4N6O3P. The lowest BCUT2D eigenvalue weighted by Crippen LogP contribution is -2.44. The number of anilines is 1. The summed E-state index contributed by atoms with van der Waals surface area (Å²) in [5, 5.41) is 4.62. The molecular weight excluding hydrogens is 563 g/mol. The summed E-state index contributed by atoms with van der Waals surface area (Å²) in [4.78, 5) is 35.0. The second kappa shape index (κ2) is 10.4. The van der Waals surface area contributed by atoms with Gasteiger partial charge in [0.25, 0.3) is 5.91 Å². The first-order valence-corrected chi connectivity index (χ1v) is 13.4. The smallest absolute Gasteiger partial charge is 0.290 e. The van der Waals surface area contributed by atoms with Crippen LogP contribution in [0, 0.1) is 29.2 Å². The highest BCUT2D eigenvalue weighted by Crippen LogP contribution is 2.37. The number of nitrogen functional groups attached to an aromatic ring is 1. The molecule has 9 nitrogen and oxygen atoms in total. The number of likely N-dealkylation sites (tertiary alicyclic amines) is 1. The number of Topliss-reactive ketones (excluding diaryl/α,β-unsaturated/α-hetero) is 1. The van der Waals surface area contributed by atoms with Gasteiger partial charge in [-0.1, -0.05) is 0 Å². The van der Waals surface area contributed by atoms with E-state index in [1.807, 2.05) is 9.24 Å². The van der Waals surface area contributed by atoms with Crippen LogP contribution in [0.15, 0.2) is 30.6 Å². The van der Waals surface area contributed by atoms with Gasteiger partial charge in [0.05, 0.1) is 11.4 Å². The summed E-state index contributed by atoms with van der Waals surface area (Å²) in [7, 11) is 1.93. The van der Waals surface area contributed by atoms with Gasteiger partial charge in [0, 0.05) is 35.9 Å². The van der Waals surface area contributed by atoms with Gasteiger partial charge < -0.3 is 15.4 Å². The molecule has 2 aromatic carbocycles. The summed E-state index contributed by atoms with van der Waals surface area (Å²) >= 11 is 0. The number of ether oxygens (including phenoxy) is 1. The third-order valence-electron chi connectivity index (χ3n) is 7.27. The second-order valence-electron chi connectivity index (χ2n) is 10.1. The number of carbonyl (C=O) groups is 2. The molecule has 1 saturated carbocycles. The molecule has 0 bridgehead atoms. The van der Waals surface area contributed by atoms with E-state index in [2.05, 4.69) is 15.1 Å². The van der Waals surface area contributed by atoms with Gasteiger partial charge >= 0.3 is 0 Å². The van der Waals surface area contributed by atoms with E-state index in [0.717, 1.165) is 18.9 Å². The Morgan fingerprint density at radius 3 is 2.54 bits per heavy atom. The third-order valence-corrected chi connectivity index (χ3v) is 7.69. The number of piperidine rings is 1. The Balaban J connectivity index is 1.35. The van der Waals surface area contributed by atoms with Crippen LogP contribution in [-0.4, -0.2) is 49.4 Å². The van der Waals surface area contributed by atoms with E-state index in [0.29, 0.717) is 31.1 Å². The van der Waals surface area contributed by atoms with Crippen LogP contribution >= 0.6 is 9.24 Å². The minimum atomic E-state index is -1.55. The molecule has 2 fully saturated rings. The zero-order valence-electron chi connectivity index (χ0n) is 21.4.